The van der Waals surface area contributed by atoms with Crippen molar-refractivity contribution in [1.29, 1.82) is 5.26 Å². The summed E-state index contributed by atoms with van der Waals surface area (Å²) in [5, 5.41) is 21.7. The maximum absolute atomic E-state index is 13.4. The molecule has 1 aliphatic carbocycles. The van der Waals surface area contributed by atoms with Gasteiger partial charge in [0.25, 0.3) is 0 Å². The van der Waals surface area contributed by atoms with Crippen molar-refractivity contribution in [3.05, 3.63) is 64.7 Å². The highest BCUT2D eigenvalue weighted by atomic mass is 19.4. The molecule has 2 fully saturated rings. The zero-order valence-electron chi connectivity index (χ0n) is 21.1. The maximum Gasteiger partial charge on any atom is 0.416 e. The van der Waals surface area contributed by atoms with Crippen LogP contribution in [0.25, 0.3) is 0 Å². The quantitative estimate of drug-likeness (QED) is 0.450. The van der Waals surface area contributed by atoms with E-state index in [1.54, 1.807) is 11.0 Å². The fourth-order valence-corrected chi connectivity index (χ4v) is 5.53. The Hall–Kier alpha value is -3.16. The third-order valence-electron chi connectivity index (χ3n) is 7.60. The number of halogens is 4. The summed E-state index contributed by atoms with van der Waals surface area (Å²) in [7, 11) is 0. The van der Waals surface area contributed by atoms with Crippen molar-refractivity contribution in [2.45, 2.75) is 63.0 Å². The molecule has 2 N–H and O–H groups in total. The highest BCUT2D eigenvalue weighted by Crippen LogP contribution is 2.36. The van der Waals surface area contributed by atoms with E-state index in [1.165, 1.54) is 6.07 Å². The smallest absolute Gasteiger partial charge is 0.392 e. The minimum absolute atomic E-state index is 0.0388. The van der Waals surface area contributed by atoms with E-state index in [0.717, 1.165) is 37.1 Å². The van der Waals surface area contributed by atoms with Gasteiger partial charge in [-0.2, -0.15) is 18.4 Å². The van der Waals surface area contributed by atoms with Crippen LogP contribution in [-0.4, -0.2) is 59.3 Å². The summed E-state index contributed by atoms with van der Waals surface area (Å²) < 4.78 is 53.4. The molecular weight excluding hydrogens is 500 g/mol. The lowest BCUT2D eigenvalue weighted by molar-refractivity contribution is -0.138. The van der Waals surface area contributed by atoms with Gasteiger partial charge in [0.15, 0.2) is 0 Å². The zero-order chi connectivity index (χ0) is 27.3. The molecule has 1 saturated heterocycles. The van der Waals surface area contributed by atoms with E-state index < -0.39 is 36.1 Å². The van der Waals surface area contributed by atoms with E-state index in [2.05, 4.69) is 16.3 Å². The Morgan fingerprint density at radius 2 is 1.89 bits per heavy atom. The highest BCUT2D eigenvalue weighted by Gasteiger charge is 2.35. The number of hydrogen-bond donors (Lipinski definition) is 2. The molecule has 2 aromatic carbocycles. The standard InChI is InChI=1S/C28H32F4N4O2/c29-16-22-4-7-23(15-26(22)28(30,31)32)34-27(38)36(13-12-35-11-10-25(37)18-35)24-8-5-20(6-9-24)21-3-1-2-19(14-21)17-33/h1-4,7,14-15,20,24-25,37H,5-6,8-13,16,18H2,(H,34,38). The molecule has 204 valence electrons. The van der Waals surface area contributed by atoms with Gasteiger partial charge in [0.05, 0.1) is 23.3 Å². The fourth-order valence-electron chi connectivity index (χ4n) is 5.53. The lowest BCUT2D eigenvalue weighted by Crippen LogP contribution is -2.47. The molecule has 0 bridgehead atoms. The van der Waals surface area contributed by atoms with Crippen LogP contribution in [0.5, 0.6) is 0 Å². The second kappa shape index (κ2) is 12.1. The molecule has 1 saturated carbocycles. The molecule has 0 radical (unpaired) electrons. The van der Waals surface area contributed by atoms with E-state index >= 15 is 0 Å². The topological polar surface area (TPSA) is 79.6 Å². The Balaban J connectivity index is 1.47. The number of nitrogens with one attached hydrogen (secondary N) is 1. The normalized spacial score (nSPS) is 22.2. The summed E-state index contributed by atoms with van der Waals surface area (Å²) >= 11 is 0. The van der Waals surface area contributed by atoms with Gasteiger partial charge in [-0.25, -0.2) is 9.18 Å². The van der Waals surface area contributed by atoms with Gasteiger partial charge in [0.2, 0.25) is 0 Å². The Morgan fingerprint density at radius 3 is 2.53 bits per heavy atom. The molecular formula is C28H32F4N4O2. The largest absolute Gasteiger partial charge is 0.416 e. The van der Waals surface area contributed by atoms with Crippen LogP contribution in [0.4, 0.5) is 28.0 Å². The SMILES string of the molecule is N#Cc1cccc(C2CCC(N(CCN3CCC(O)C3)C(=O)Nc3ccc(CF)c(C(F)(F)F)c3)CC2)c1. The Bertz CT molecular complexity index is 1160. The van der Waals surface area contributed by atoms with Gasteiger partial charge < -0.3 is 15.3 Å². The number of nitrogens with zero attached hydrogens (tertiary/aromatic N) is 3. The third kappa shape index (κ3) is 6.83. The number of rotatable bonds is 7. The molecule has 1 heterocycles. The van der Waals surface area contributed by atoms with Crippen molar-refractivity contribution in [2.24, 2.45) is 0 Å². The summed E-state index contributed by atoms with van der Waals surface area (Å²) in [6, 6.07) is 12.2. The van der Waals surface area contributed by atoms with Crippen LogP contribution in [-0.2, 0) is 12.9 Å². The minimum atomic E-state index is -4.74. The van der Waals surface area contributed by atoms with Crippen molar-refractivity contribution in [3.63, 3.8) is 0 Å². The number of alkyl halides is 4. The molecule has 10 heteroatoms. The number of benzene rings is 2. The Kier molecular flexibility index (Phi) is 8.90. The zero-order valence-corrected chi connectivity index (χ0v) is 21.1. The maximum atomic E-state index is 13.4. The molecule has 0 spiro atoms. The predicted octanol–water partition coefficient (Wildman–Crippen LogP) is 5.67. The average Bonchev–Trinajstić information content (AvgIpc) is 3.33. The number of aliphatic hydroxyl groups is 1. The van der Waals surface area contributed by atoms with E-state index in [-0.39, 0.29) is 17.6 Å². The van der Waals surface area contributed by atoms with Gasteiger partial charge in [0, 0.05) is 37.9 Å². The van der Waals surface area contributed by atoms with Crippen molar-refractivity contribution in [1.82, 2.24) is 9.80 Å². The second-order valence-corrected chi connectivity index (χ2v) is 10.1. The summed E-state index contributed by atoms with van der Waals surface area (Å²) in [5.41, 5.74) is 0.0880. The Labute approximate surface area is 219 Å². The van der Waals surface area contributed by atoms with Crippen LogP contribution in [0.2, 0.25) is 0 Å². The van der Waals surface area contributed by atoms with Gasteiger partial charge in [-0.1, -0.05) is 18.2 Å². The van der Waals surface area contributed by atoms with Crippen LogP contribution >= 0.6 is 0 Å². The van der Waals surface area contributed by atoms with Crippen molar-refractivity contribution in [3.8, 4) is 6.07 Å². The summed E-state index contributed by atoms with van der Waals surface area (Å²) in [4.78, 5) is 17.1. The molecule has 1 atom stereocenters. The molecule has 1 aliphatic heterocycles. The van der Waals surface area contributed by atoms with Crippen molar-refractivity contribution < 1.29 is 27.5 Å². The van der Waals surface area contributed by atoms with Gasteiger partial charge >= 0.3 is 12.2 Å². The van der Waals surface area contributed by atoms with E-state index in [4.69, 9.17) is 0 Å². The molecule has 2 aliphatic rings. The molecule has 0 aromatic heterocycles. The number of carbonyl (C=O) groups is 1. The van der Waals surface area contributed by atoms with Gasteiger partial charge in [0.1, 0.15) is 6.67 Å². The van der Waals surface area contributed by atoms with Crippen LogP contribution < -0.4 is 5.32 Å². The Morgan fingerprint density at radius 1 is 1.13 bits per heavy atom. The number of likely N-dealkylation sites (tertiary alicyclic amines) is 1. The highest BCUT2D eigenvalue weighted by molar-refractivity contribution is 5.89. The summed E-state index contributed by atoms with van der Waals surface area (Å²) in [6.45, 7) is 0.905. The molecule has 2 amide bonds. The molecule has 38 heavy (non-hydrogen) atoms. The van der Waals surface area contributed by atoms with Gasteiger partial charge in [-0.05, 0) is 73.4 Å². The first-order valence-corrected chi connectivity index (χ1v) is 12.9. The second-order valence-electron chi connectivity index (χ2n) is 10.1. The average molecular weight is 533 g/mol. The predicted molar refractivity (Wildman–Crippen MR) is 135 cm³/mol. The van der Waals surface area contributed by atoms with E-state index in [1.807, 2.05) is 18.2 Å². The minimum Gasteiger partial charge on any atom is -0.392 e. The first-order valence-electron chi connectivity index (χ1n) is 12.9. The summed E-state index contributed by atoms with van der Waals surface area (Å²) in [5.74, 6) is 0.265. The lowest BCUT2D eigenvalue weighted by atomic mass is 9.81. The van der Waals surface area contributed by atoms with E-state index in [9.17, 15) is 32.7 Å². The number of aliphatic hydroxyl groups excluding tert-OH is 1. The number of nitriles is 1. The molecule has 4 rings (SSSR count). The lowest BCUT2D eigenvalue weighted by Gasteiger charge is -2.38. The number of amides is 2. The third-order valence-corrected chi connectivity index (χ3v) is 7.60. The van der Waals surface area contributed by atoms with Crippen LogP contribution in [0.1, 0.15) is 60.3 Å². The number of β-amino-alcohol motifs (C(OH)–C–C–N with tert-alkyl or cyclic N) is 1. The molecule has 6 nitrogen and oxygen atoms in total. The fraction of sp³-hybridized carbons (Fsp3) is 0.500. The van der Waals surface area contributed by atoms with Gasteiger partial charge in [-0.15, -0.1) is 0 Å². The number of anilines is 1. The number of urea groups is 1. The number of hydrogen-bond acceptors (Lipinski definition) is 4. The summed E-state index contributed by atoms with van der Waals surface area (Å²) in [6.07, 6.45) is -1.41. The van der Waals surface area contributed by atoms with Crippen LogP contribution in [0.15, 0.2) is 42.5 Å². The molecule has 2 aromatic rings. The van der Waals surface area contributed by atoms with Crippen molar-refractivity contribution >= 4 is 11.7 Å². The van der Waals surface area contributed by atoms with Crippen molar-refractivity contribution in [2.75, 3.05) is 31.5 Å². The van der Waals surface area contributed by atoms with E-state index in [0.29, 0.717) is 44.5 Å². The first-order chi connectivity index (χ1) is 18.2. The molecule has 1 unspecified atom stereocenters. The van der Waals surface area contributed by atoms with Gasteiger partial charge in [-0.3, -0.25) is 4.90 Å². The van der Waals surface area contributed by atoms with Crippen LogP contribution in [0, 0.1) is 11.3 Å². The monoisotopic (exact) mass is 532 g/mol. The van der Waals surface area contributed by atoms with Crippen LogP contribution in [0.3, 0.4) is 0 Å². The number of carbonyl (C=O) groups excluding carboxylic acids is 1. The first kappa shape index (κ1) is 27.9.